The number of hydrogen-bond donors (Lipinski definition) is 1. The Morgan fingerprint density at radius 3 is 2.47 bits per heavy atom. The second kappa shape index (κ2) is 14.7. The number of amides is 2. The number of nitrogens with one attached hydrogen (secondary N) is 1. The van der Waals surface area contributed by atoms with Crippen LogP contribution < -0.4 is 5.32 Å². The summed E-state index contributed by atoms with van der Waals surface area (Å²) in [6, 6.07) is 16.1. The summed E-state index contributed by atoms with van der Waals surface area (Å²) < 4.78 is 38.8. The van der Waals surface area contributed by atoms with Gasteiger partial charge in [-0.15, -0.1) is 11.3 Å². The summed E-state index contributed by atoms with van der Waals surface area (Å²) in [5, 5.41) is 3.50. The molecule has 2 fully saturated rings. The fourth-order valence-corrected chi connectivity index (χ4v) is 9.19. The molecule has 0 aliphatic carbocycles. The van der Waals surface area contributed by atoms with Gasteiger partial charge in [0.15, 0.2) is 0 Å². The molecule has 4 heterocycles. The van der Waals surface area contributed by atoms with Crippen LogP contribution in [0.3, 0.4) is 0 Å². The van der Waals surface area contributed by atoms with E-state index in [1.54, 1.807) is 11.8 Å². The van der Waals surface area contributed by atoms with Gasteiger partial charge in [0.05, 0.1) is 36.2 Å². The molecule has 0 bridgehead atoms. The molecule has 11 nitrogen and oxygen atoms in total. The first-order valence-corrected chi connectivity index (χ1v) is 18.4. The number of benzene rings is 2. The predicted octanol–water partition coefficient (Wildman–Crippen LogP) is 3.99. The van der Waals surface area contributed by atoms with E-state index < -0.39 is 21.8 Å². The van der Waals surface area contributed by atoms with Gasteiger partial charge < -0.3 is 19.7 Å². The molecule has 47 heavy (non-hydrogen) atoms. The minimum atomic E-state index is -3.87. The lowest BCUT2D eigenvalue weighted by molar-refractivity contribution is -0.149. The number of nitrogens with zero attached hydrogens (tertiary/aromatic N) is 3. The van der Waals surface area contributed by atoms with Crippen LogP contribution in [0.2, 0.25) is 0 Å². The van der Waals surface area contributed by atoms with Crippen LogP contribution in [0.15, 0.2) is 59.5 Å². The number of ether oxygens (including phenoxy) is 2. The molecular weight excluding hydrogens is 641 g/mol. The van der Waals surface area contributed by atoms with Crippen molar-refractivity contribution in [2.75, 3.05) is 57.9 Å². The molecule has 1 unspecified atom stereocenters. The molecule has 2 amide bonds. The van der Waals surface area contributed by atoms with Crippen molar-refractivity contribution in [1.29, 1.82) is 0 Å². The average molecular weight is 681 g/mol. The van der Waals surface area contributed by atoms with Gasteiger partial charge in [0.2, 0.25) is 10.0 Å². The van der Waals surface area contributed by atoms with Gasteiger partial charge >= 0.3 is 5.97 Å². The van der Waals surface area contributed by atoms with Gasteiger partial charge in [0.25, 0.3) is 11.8 Å². The third-order valence-corrected chi connectivity index (χ3v) is 11.9. The number of thiophene rings is 1. The van der Waals surface area contributed by atoms with E-state index in [9.17, 15) is 22.8 Å². The number of esters is 1. The summed E-state index contributed by atoms with van der Waals surface area (Å²) in [4.78, 5) is 44.9. The van der Waals surface area contributed by atoms with E-state index in [2.05, 4.69) is 22.3 Å². The number of fused-ring (bicyclic) bond motifs is 1. The maximum absolute atomic E-state index is 13.9. The lowest BCUT2D eigenvalue weighted by atomic mass is 10.0. The number of carbonyl (C=O) groups is 3. The number of piperidine rings is 1. The van der Waals surface area contributed by atoms with Crippen molar-refractivity contribution in [3.8, 4) is 0 Å². The zero-order valence-corrected chi connectivity index (χ0v) is 28.1. The van der Waals surface area contributed by atoms with E-state index in [1.165, 1.54) is 45.5 Å². The van der Waals surface area contributed by atoms with E-state index in [0.717, 1.165) is 23.5 Å². The van der Waals surface area contributed by atoms with Crippen LogP contribution in [0, 0.1) is 5.92 Å². The summed E-state index contributed by atoms with van der Waals surface area (Å²) >= 11 is 1.43. The van der Waals surface area contributed by atoms with Gasteiger partial charge in [0, 0.05) is 56.3 Å². The molecule has 0 radical (unpaired) electrons. The molecule has 3 aliphatic rings. The van der Waals surface area contributed by atoms with Gasteiger partial charge in [0.1, 0.15) is 5.00 Å². The van der Waals surface area contributed by atoms with Crippen molar-refractivity contribution in [3.05, 3.63) is 81.7 Å². The van der Waals surface area contributed by atoms with Crippen molar-refractivity contribution in [3.63, 3.8) is 0 Å². The van der Waals surface area contributed by atoms with E-state index >= 15 is 0 Å². The molecule has 2 aromatic carbocycles. The topological polar surface area (TPSA) is 126 Å². The van der Waals surface area contributed by atoms with E-state index in [0.29, 0.717) is 69.2 Å². The van der Waals surface area contributed by atoms with Crippen LogP contribution in [0.4, 0.5) is 5.00 Å². The Balaban J connectivity index is 1.20. The molecule has 3 aromatic rings. The largest absolute Gasteiger partial charge is 0.466 e. The van der Waals surface area contributed by atoms with Crippen LogP contribution >= 0.6 is 11.3 Å². The average Bonchev–Trinajstić information content (AvgIpc) is 3.45. The maximum Gasteiger partial charge on any atom is 0.310 e. The van der Waals surface area contributed by atoms with Crippen LogP contribution in [0.5, 0.6) is 0 Å². The Bertz CT molecular complexity index is 1700. The first-order chi connectivity index (χ1) is 22.7. The zero-order chi connectivity index (χ0) is 33.0. The normalized spacial score (nSPS) is 19.2. The number of rotatable bonds is 9. The van der Waals surface area contributed by atoms with Crippen molar-refractivity contribution < 1.29 is 32.3 Å². The molecule has 250 valence electrons. The van der Waals surface area contributed by atoms with Crippen molar-refractivity contribution >= 4 is 44.1 Å². The minimum Gasteiger partial charge on any atom is -0.466 e. The lowest BCUT2D eigenvalue weighted by Gasteiger charge is -2.30. The summed E-state index contributed by atoms with van der Waals surface area (Å²) in [5.41, 5.74) is 3.01. The summed E-state index contributed by atoms with van der Waals surface area (Å²) in [7, 11) is -3.87. The Labute approximate surface area is 279 Å². The number of carbonyl (C=O) groups excluding carboxylic acids is 3. The summed E-state index contributed by atoms with van der Waals surface area (Å²) in [6.45, 7) is 6.54. The number of sulfonamides is 1. The third-order valence-electron chi connectivity index (χ3n) is 8.88. The van der Waals surface area contributed by atoms with Gasteiger partial charge in [-0.05, 0) is 61.6 Å². The first-order valence-electron chi connectivity index (χ1n) is 16.1. The molecule has 1 atom stereocenters. The van der Waals surface area contributed by atoms with Crippen molar-refractivity contribution in [2.24, 2.45) is 5.92 Å². The van der Waals surface area contributed by atoms with Crippen molar-refractivity contribution in [1.82, 2.24) is 14.1 Å². The molecular formula is C34H40N4O7S2. The maximum atomic E-state index is 13.9. The molecule has 3 aliphatic heterocycles. The van der Waals surface area contributed by atoms with Crippen LogP contribution in [0.1, 0.15) is 56.5 Å². The summed E-state index contributed by atoms with van der Waals surface area (Å²) in [5.74, 6) is -1.42. The fourth-order valence-electron chi connectivity index (χ4n) is 6.39. The standard InChI is InChI=1S/C34H40N4O7S2/c1-2-45-34(41)26-9-6-15-38(22-26)47(42,43)27-12-10-25(11-13-27)31(39)35-32-30(33(40)37-17-19-44-20-18-37)28-14-16-36(23-29(28)46-32)21-24-7-4-3-5-8-24/h3-5,7-8,10-13,26H,2,6,9,14-23H2,1H3,(H,35,39). The molecule has 0 saturated carbocycles. The van der Waals surface area contributed by atoms with Gasteiger partial charge in [-0.3, -0.25) is 19.3 Å². The van der Waals surface area contributed by atoms with Crippen LogP contribution in [-0.2, 0) is 43.8 Å². The zero-order valence-electron chi connectivity index (χ0n) is 26.5. The highest BCUT2D eigenvalue weighted by molar-refractivity contribution is 7.89. The third kappa shape index (κ3) is 7.44. The highest BCUT2D eigenvalue weighted by atomic mass is 32.2. The number of morpholine rings is 1. The second-order valence-corrected chi connectivity index (χ2v) is 15.0. The number of hydrogen-bond acceptors (Lipinski definition) is 9. The highest BCUT2D eigenvalue weighted by Gasteiger charge is 2.35. The van der Waals surface area contributed by atoms with E-state index in [4.69, 9.17) is 9.47 Å². The van der Waals surface area contributed by atoms with E-state index in [-0.39, 0.29) is 35.5 Å². The monoisotopic (exact) mass is 680 g/mol. The van der Waals surface area contributed by atoms with Crippen LogP contribution in [-0.4, -0.2) is 92.9 Å². The molecule has 6 rings (SSSR count). The van der Waals surface area contributed by atoms with Gasteiger partial charge in [-0.25, -0.2) is 8.42 Å². The molecule has 0 spiro atoms. The fraction of sp³-hybridized carbons (Fsp3) is 0.441. The SMILES string of the molecule is CCOC(=O)C1CCCN(S(=O)(=O)c2ccc(C(=O)Nc3sc4c(c3C(=O)N3CCOCC3)CCN(Cc3ccccc3)C4)cc2)C1. The number of anilines is 1. The van der Waals surface area contributed by atoms with Gasteiger partial charge in [-0.2, -0.15) is 4.31 Å². The Kier molecular flexibility index (Phi) is 10.4. The Morgan fingerprint density at radius 1 is 1.00 bits per heavy atom. The highest BCUT2D eigenvalue weighted by Crippen LogP contribution is 2.39. The Morgan fingerprint density at radius 2 is 1.74 bits per heavy atom. The molecule has 2 saturated heterocycles. The van der Waals surface area contributed by atoms with Gasteiger partial charge in [-0.1, -0.05) is 30.3 Å². The lowest BCUT2D eigenvalue weighted by Crippen LogP contribution is -2.42. The predicted molar refractivity (Wildman–Crippen MR) is 178 cm³/mol. The molecule has 13 heteroatoms. The molecule has 1 N–H and O–H groups in total. The quantitative estimate of drug-likeness (QED) is 0.337. The van der Waals surface area contributed by atoms with Crippen molar-refractivity contribution in [2.45, 2.75) is 44.2 Å². The molecule has 1 aromatic heterocycles. The van der Waals surface area contributed by atoms with Crippen LogP contribution in [0.25, 0.3) is 0 Å². The first kappa shape index (κ1) is 33.3. The Hall–Kier alpha value is -3.62. The van der Waals surface area contributed by atoms with E-state index in [1.807, 2.05) is 18.2 Å². The smallest absolute Gasteiger partial charge is 0.310 e. The minimum absolute atomic E-state index is 0.0480. The summed E-state index contributed by atoms with van der Waals surface area (Å²) in [6.07, 6.45) is 1.83. The second-order valence-electron chi connectivity index (χ2n) is 12.0.